The number of hydrogen-bond donors (Lipinski definition) is 2. The van der Waals surface area contributed by atoms with E-state index in [0.29, 0.717) is 23.7 Å². The number of carbonyl (C=O) groups excluding carboxylic acids is 2. The molecule has 0 saturated heterocycles. The molecule has 1 rings (SSSR count). The highest BCUT2D eigenvalue weighted by atomic mass is 79.9. The lowest BCUT2D eigenvalue weighted by molar-refractivity contribution is -0.120. The maximum absolute atomic E-state index is 11.8. The van der Waals surface area contributed by atoms with Crippen molar-refractivity contribution < 1.29 is 9.59 Å². The van der Waals surface area contributed by atoms with E-state index >= 15 is 0 Å². The Morgan fingerprint density at radius 3 is 2.63 bits per heavy atom. The minimum Gasteiger partial charge on any atom is -0.356 e. The smallest absolute Gasteiger partial charge is 0.251 e. The lowest BCUT2D eigenvalue weighted by Crippen LogP contribution is -2.31. The van der Waals surface area contributed by atoms with E-state index in [1.807, 2.05) is 6.92 Å². The molecule has 0 bridgehead atoms. The molecule has 0 aliphatic carbocycles. The second-order valence-corrected chi connectivity index (χ2v) is 5.25. The number of amides is 2. The molecule has 6 heteroatoms. The number of benzene rings is 1. The molecule has 0 fully saturated rings. The molecule has 2 amide bonds. The molecule has 4 nitrogen and oxygen atoms in total. The summed E-state index contributed by atoms with van der Waals surface area (Å²) in [6.45, 7) is 2.95. The van der Waals surface area contributed by atoms with Crippen LogP contribution in [0.3, 0.4) is 0 Å². The highest BCUT2D eigenvalue weighted by molar-refractivity contribution is 9.10. The van der Waals surface area contributed by atoms with Crippen LogP contribution in [-0.2, 0) is 4.79 Å². The predicted molar refractivity (Wildman–Crippen MR) is 79.4 cm³/mol. The first-order valence-electron chi connectivity index (χ1n) is 6.04. The zero-order valence-electron chi connectivity index (χ0n) is 10.6. The third kappa shape index (κ3) is 5.61. The molecule has 0 saturated carbocycles. The normalized spacial score (nSPS) is 10.1. The summed E-state index contributed by atoms with van der Waals surface area (Å²) in [6, 6.07) is 4.96. The van der Waals surface area contributed by atoms with Gasteiger partial charge in [-0.2, -0.15) is 0 Å². The lowest BCUT2D eigenvalue weighted by atomic mass is 10.2. The summed E-state index contributed by atoms with van der Waals surface area (Å²) >= 11 is 9.17. The molecule has 0 atom stereocenters. The molecule has 0 spiro atoms. The first kappa shape index (κ1) is 16.0. The van der Waals surface area contributed by atoms with Crippen LogP contribution >= 0.6 is 27.5 Å². The van der Waals surface area contributed by atoms with E-state index < -0.39 is 0 Å². The topological polar surface area (TPSA) is 58.2 Å². The fourth-order valence-corrected chi connectivity index (χ4v) is 1.81. The van der Waals surface area contributed by atoms with Crippen LogP contribution in [0.15, 0.2) is 22.7 Å². The van der Waals surface area contributed by atoms with E-state index in [9.17, 15) is 9.59 Å². The van der Waals surface area contributed by atoms with Gasteiger partial charge in [-0.25, -0.2) is 0 Å². The number of rotatable bonds is 6. The van der Waals surface area contributed by atoms with Gasteiger partial charge in [0.1, 0.15) is 0 Å². The highest BCUT2D eigenvalue weighted by Gasteiger charge is 2.08. The molecule has 0 aliphatic rings. The fourth-order valence-electron chi connectivity index (χ4n) is 1.38. The molecule has 0 aliphatic heterocycles. The van der Waals surface area contributed by atoms with Crippen molar-refractivity contribution >= 4 is 39.3 Å². The van der Waals surface area contributed by atoms with Gasteiger partial charge in [-0.15, -0.1) is 0 Å². The van der Waals surface area contributed by atoms with Gasteiger partial charge in [-0.1, -0.05) is 18.5 Å². The van der Waals surface area contributed by atoms with E-state index in [0.717, 1.165) is 10.9 Å². The van der Waals surface area contributed by atoms with Gasteiger partial charge in [-0.05, 0) is 40.5 Å². The molecule has 0 unspecified atom stereocenters. The zero-order chi connectivity index (χ0) is 14.3. The molecule has 2 N–H and O–H groups in total. The number of carbonyl (C=O) groups is 2. The summed E-state index contributed by atoms with van der Waals surface area (Å²) < 4.78 is 0.740. The first-order chi connectivity index (χ1) is 9.04. The number of hydrogen-bond acceptors (Lipinski definition) is 2. The van der Waals surface area contributed by atoms with Crippen LogP contribution in [0, 0.1) is 0 Å². The van der Waals surface area contributed by atoms with Gasteiger partial charge in [0.05, 0.1) is 5.02 Å². The van der Waals surface area contributed by atoms with Gasteiger partial charge in [0, 0.05) is 29.5 Å². The number of nitrogens with one attached hydrogen (secondary N) is 2. The average Bonchev–Trinajstić information content (AvgIpc) is 2.39. The van der Waals surface area contributed by atoms with Crippen LogP contribution in [0.1, 0.15) is 30.1 Å². The van der Waals surface area contributed by atoms with Crippen LogP contribution < -0.4 is 10.6 Å². The molecule has 19 heavy (non-hydrogen) atoms. The SMILES string of the molecule is CCCNC(=O)CCNC(=O)c1ccc(Br)c(Cl)c1. The monoisotopic (exact) mass is 346 g/mol. The van der Waals surface area contributed by atoms with Crippen LogP contribution in [-0.4, -0.2) is 24.9 Å². The molecular formula is C13H16BrClN2O2. The first-order valence-corrected chi connectivity index (χ1v) is 7.21. The Balaban J connectivity index is 2.39. The molecule has 1 aromatic carbocycles. The predicted octanol–water partition coefficient (Wildman–Crippen LogP) is 2.75. The molecular weight excluding hydrogens is 332 g/mol. The largest absolute Gasteiger partial charge is 0.356 e. The third-order valence-corrected chi connectivity index (χ3v) is 3.62. The Kier molecular flexibility index (Phi) is 6.87. The lowest BCUT2D eigenvalue weighted by Gasteiger charge is -2.06. The minimum absolute atomic E-state index is 0.0593. The van der Waals surface area contributed by atoms with Crippen molar-refractivity contribution in [2.45, 2.75) is 19.8 Å². The van der Waals surface area contributed by atoms with Crippen LogP contribution in [0.2, 0.25) is 5.02 Å². The van der Waals surface area contributed by atoms with Gasteiger partial charge < -0.3 is 10.6 Å². The van der Waals surface area contributed by atoms with E-state index in [1.165, 1.54) is 0 Å². The van der Waals surface area contributed by atoms with E-state index in [1.54, 1.807) is 18.2 Å². The van der Waals surface area contributed by atoms with Crippen molar-refractivity contribution in [3.63, 3.8) is 0 Å². The van der Waals surface area contributed by atoms with E-state index in [2.05, 4.69) is 26.6 Å². The molecule has 0 heterocycles. The van der Waals surface area contributed by atoms with Crippen molar-refractivity contribution in [3.05, 3.63) is 33.3 Å². The quantitative estimate of drug-likeness (QED) is 0.831. The van der Waals surface area contributed by atoms with Crippen molar-refractivity contribution in [2.24, 2.45) is 0 Å². The van der Waals surface area contributed by atoms with Crippen molar-refractivity contribution in [1.82, 2.24) is 10.6 Å². The fraction of sp³-hybridized carbons (Fsp3) is 0.385. The third-order valence-electron chi connectivity index (χ3n) is 2.39. The van der Waals surface area contributed by atoms with Crippen molar-refractivity contribution in [1.29, 1.82) is 0 Å². The Morgan fingerprint density at radius 2 is 2.00 bits per heavy atom. The zero-order valence-corrected chi connectivity index (χ0v) is 13.0. The summed E-state index contributed by atoms with van der Waals surface area (Å²) in [6.07, 6.45) is 1.17. The maximum atomic E-state index is 11.8. The van der Waals surface area contributed by atoms with Gasteiger partial charge >= 0.3 is 0 Å². The van der Waals surface area contributed by atoms with Crippen molar-refractivity contribution in [3.8, 4) is 0 Å². The molecule has 0 aromatic heterocycles. The van der Waals surface area contributed by atoms with E-state index in [-0.39, 0.29) is 18.2 Å². The molecule has 1 aromatic rings. The summed E-state index contributed by atoms with van der Waals surface area (Å²) in [5.41, 5.74) is 0.474. The van der Waals surface area contributed by atoms with Crippen LogP contribution in [0.25, 0.3) is 0 Å². The number of halogens is 2. The summed E-state index contributed by atoms with van der Waals surface area (Å²) in [5, 5.41) is 5.90. The van der Waals surface area contributed by atoms with Crippen LogP contribution in [0.4, 0.5) is 0 Å². The van der Waals surface area contributed by atoms with E-state index in [4.69, 9.17) is 11.6 Å². The summed E-state index contributed by atoms with van der Waals surface area (Å²) in [5.74, 6) is -0.298. The Hall–Kier alpha value is -1.07. The van der Waals surface area contributed by atoms with Gasteiger partial charge in [0.15, 0.2) is 0 Å². The minimum atomic E-state index is -0.238. The molecule has 0 radical (unpaired) electrons. The highest BCUT2D eigenvalue weighted by Crippen LogP contribution is 2.23. The van der Waals surface area contributed by atoms with Crippen LogP contribution in [0.5, 0.6) is 0 Å². The Bertz CT molecular complexity index is 466. The second kappa shape index (κ2) is 8.17. The average molecular weight is 348 g/mol. The molecule has 104 valence electrons. The van der Waals surface area contributed by atoms with Crippen molar-refractivity contribution in [2.75, 3.05) is 13.1 Å². The maximum Gasteiger partial charge on any atom is 0.251 e. The summed E-state index contributed by atoms with van der Waals surface area (Å²) in [4.78, 5) is 23.1. The standard InChI is InChI=1S/C13H16BrClN2O2/c1-2-6-16-12(18)5-7-17-13(19)9-3-4-10(14)11(15)8-9/h3-4,8H,2,5-7H2,1H3,(H,16,18)(H,17,19). The van der Waals surface area contributed by atoms with Gasteiger partial charge in [-0.3, -0.25) is 9.59 Å². The van der Waals surface area contributed by atoms with Gasteiger partial charge in [0.25, 0.3) is 5.91 Å². The Morgan fingerprint density at radius 1 is 1.26 bits per heavy atom. The Labute approximate surface area is 126 Å². The van der Waals surface area contributed by atoms with Gasteiger partial charge in [0.2, 0.25) is 5.91 Å². The second-order valence-electron chi connectivity index (χ2n) is 3.98. The summed E-state index contributed by atoms with van der Waals surface area (Å²) in [7, 11) is 0.